The number of halogens is 1. The quantitative estimate of drug-likeness (QED) is 0.893. The van der Waals surface area contributed by atoms with Gasteiger partial charge >= 0.3 is 0 Å². The van der Waals surface area contributed by atoms with Gasteiger partial charge in [-0.3, -0.25) is 4.79 Å². The SMILES string of the molecule is CC(O)C1CCN(C(=O)c2c[nH]c3cccc(F)c23)CC1. The molecule has 1 aliphatic heterocycles. The number of hydrogen-bond donors (Lipinski definition) is 2. The average molecular weight is 290 g/mol. The Bertz CT molecular complexity index is 657. The number of rotatable bonds is 2. The highest BCUT2D eigenvalue weighted by Crippen LogP contribution is 2.26. The number of hydrogen-bond acceptors (Lipinski definition) is 2. The number of nitrogens with zero attached hydrogens (tertiary/aromatic N) is 1. The summed E-state index contributed by atoms with van der Waals surface area (Å²) >= 11 is 0. The molecule has 1 fully saturated rings. The normalized spacial score (nSPS) is 18.1. The van der Waals surface area contributed by atoms with Crippen molar-refractivity contribution in [2.45, 2.75) is 25.9 Å². The second-order valence-corrected chi connectivity index (χ2v) is 5.73. The predicted molar refractivity (Wildman–Crippen MR) is 78.6 cm³/mol. The fraction of sp³-hybridized carbons (Fsp3) is 0.438. The number of aliphatic hydroxyl groups is 1. The van der Waals surface area contributed by atoms with Crippen LogP contribution in [0.25, 0.3) is 10.9 Å². The summed E-state index contributed by atoms with van der Waals surface area (Å²) in [5.74, 6) is -0.278. The number of piperidine rings is 1. The molecular formula is C16H19FN2O2. The van der Waals surface area contributed by atoms with Gasteiger partial charge in [0.25, 0.3) is 5.91 Å². The van der Waals surface area contributed by atoms with E-state index in [0.29, 0.717) is 29.6 Å². The molecule has 2 heterocycles. The smallest absolute Gasteiger partial charge is 0.256 e. The standard InChI is InChI=1S/C16H19FN2O2/c1-10(20)11-5-7-19(8-6-11)16(21)12-9-18-14-4-2-3-13(17)15(12)14/h2-4,9-11,18,20H,5-8H2,1H3. The number of likely N-dealkylation sites (tertiary alicyclic amines) is 1. The Morgan fingerprint density at radius 2 is 2.14 bits per heavy atom. The highest BCUT2D eigenvalue weighted by molar-refractivity contribution is 6.06. The highest BCUT2D eigenvalue weighted by atomic mass is 19.1. The van der Waals surface area contributed by atoms with Crippen LogP contribution in [-0.4, -0.2) is 40.1 Å². The van der Waals surface area contributed by atoms with Crippen LogP contribution in [0.5, 0.6) is 0 Å². The van der Waals surface area contributed by atoms with Crippen molar-refractivity contribution >= 4 is 16.8 Å². The lowest BCUT2D eigenvalue weighted by atomic mass is 9.92. The van der Waals surface area contributed by atoms with Crippen molar-refractivity contribution in [3.05, 3.63) is 35.8 Å². The molecular weight excluding hydrogens is 271 g/mol. The highest BCUT2D eigenvalue weighted by Gasteiger charge is 2.27. The summed E-state index contributed by atoms with van der Waals surface area (Å²) in [6, 6.07) is 4.75. The number of H-pyrrole nitrogens is 1. The van der Waals surface area contributed by atoms with E-state index in [2.05, 4.69) is 4.98 Å². The molecule has 0 bridgehead atoms. The van der Waals surface area contributed by atoms with E-state index in [4.69, 9.17) is 0 Å². The van der Waals surface area contributed by atoms with Crippen molar-refractivity contribution in [1.82, 2.24) is 9.88 Å². The van der Waals surface area contributed by atoms with Crippen molar-refractivity contribution in [1.29, 1.82) is 0 Å². The third-order valence-electron chi connectivity index (χ3n) is 4.39. The molecule has 21 heavy (non-hydrogen) atoms. The van der Waals surface area contributed by atoms with Crippen LogP contribution in [0.15, 0.2) is 24.4 Å². The summed E-state index contributed by atoms with van der Waals surface area (Å²) in [5.41, 5.74) is 1.02. The summed E-state index contributed by atoms with van der Waals surface area (Å²) in [7, 11) is 0. The molecule has 0 spiro atoms. The largest absolute Gasteiger partial charge is 0.393 e. The number of amides is 1. The van der Waals surface area contributed by atoms with E-state index in [9.17, 15) is 14.3 Å². The van der Waals surface area contributed by atoms with Crippen LogP contribution >= 0.6 is 0 Å². The van der Waals surface area contributed by atoms with Gasteiger partial charge in [0, 0.05) is 30.2 Å². The number of nitrogens with one attached hydrogen (secondary N) is 1. The zero-order valence-electron chi connectivity index (χ0n) is 12.0. The minimum atomic E-state index is -0.379. The molecule has 2 N–H and O–H groups in total. The maximum absolute atomic E-state index is 14.0. The molecule has 1 amide bonds. The van der Waals surface area contributed by atoms with Gasteiger partial charge in [-0.1, -0.05) is 6.07 Å². The Morgan fingerprint density at radius 3 is 2.81 bits per heavy atom. The zero-order chi connectivity index (χ0) is 15.0. The first-order valence-corrected chi connectivity index (χ1v) is 7.31. The van der Waals surface area contributed by atoms with E-state index in [1.54, 1.807) is 30.2 Å². The van der Waals surface area contributed by atoms with Crippen LogP contribution < -0.4 is 0 Å². The molecule has 1 aliphatic rings. The Labute approximate surface area is 122 Å². The van der Waals surface area contributed by atoms with Gasteiger partial charge in [0.05, 0.1) is 11.7 Å². The van der Waals surface area contributed by atoms with Gasteiger partial charge in [0.15, 0.2) is 0 Å². The molecule has 1 aromatic carbocycles. The Balaban J connectivity index is 1.82. The maximum Gasteiger partial charge on any atom is 0.256 e. The molecule has 1 unspecified atom stereocenters. The Kier molecular flexibility index (Phi) is 3.68. The topological polar surface area (TPSA) is 56.3 Å². The molecule has 0 aliphatic carbocycles. The summed E-state index contributed by atoms with van der Waals surface area (Å²) in [4.78, 5) is 17.3. The number of fused-ring (bicyclic) bond motifs is 1. The van der Waals surface area contributed by atoms with Crippen LogP contribution in [0.4, 0.5) is 4.39 Å². The third-order valence-corrected chi connectivity index (χ3v) is 4.39. The monoisotopic (exact) mass is 290 g/mol. The van der Waals surface area contributed by atoms with Gasteiger partial charge in [0.1, 0.15) is 5.82 Å². The molecule has 0 saturated carbocycles. The lowest BCUT2D eigenvalue weighted by Gasteiger charge is -2.33. The van der Waals surface area contributed by atoms with E-state index in [1.165, 1.54) is 6.07 Å². The van der Waals surface area contributed by atoms with E-state index in [1.807, 2.05) is 0 Å². The van der Waals surface area contributed by atoms with E-state index >= 15 is 0 Å². The molecule has 4 nitrogen and oxygen atoms in total. The van der Waals surface area contributed by atoms with E-state index < -0.39 is 0 Å². The van der Waals surface area contributed by atoms with E-state index in [-0.39, 0.29) is 23.7 Å². The second kappa shape index (κ2) is 5.48. The summed E-state index contributed by atoms with van der Waals surface area (Å²) in [6.07, 6.45) is 2.81. The first-order valence-electron chi connectivity index (χ1n) is 7.31. The molecule has 112 valence electrons. The molecule has 1 saturated heterocycles. The van der Waals surface area contributed by atoms with Crippen molar-refractivity contribution < 1.29 is 14.3 Å². The van der Waals surface area contributed by atoms with Crippen LogP contribution in [0, 0.1) is 11.7 Å². The number of aromatic amines is 1. The number of carbonyl (C=O) groups excluding carboxylic acids is 1. The van der Waals surface area contributed by atoms with Gasteiger partial charge in [0.2, 0.25) is 0 Å². The van der Waals surface area contributed by atoms with Crippen LogP contribution in [0.1, 0.15) is 30.1 Å². The molecule has 1 atom stereocenters. The fourth-order valence-corrected chi connectivity index (χ4v) is 3.06. The minimum Gasteiger partial charge on any atom is -0.393 e. The molecule has 3 rings (SSSR count). The first kappa shape index (κ1) is 14.1. The summed E-state index contributed by atoms with van der Waals surface area (Å²) in [6.45, 7) is 3.00. The Hall–Kier alpha value is -1.88. The Morgan fingerprint density at radius 1 is 1.43 bits per heavy atom. The first-order chi connectivity index (χ1) is 10.1. The molecule has 2 aromatic rings. The van der Waals surface area contributed by atoms with Gasteiger partial charge in [-0.15, -0.1) is 0 Å². The fourth-order valence-electron chi connectivity index (χ4n) is 3.06. The minimum absolute atomic E-state index is 0.143. The summed E-state index contributed by atoms with van der Waals surface area (Å²) < 4.78 is 14.0. The summed E-state index contributed by atoms with van der Waals surface area (Å²) in [5, 5.41) is 9.97. The number of carbonyl (C=O) groups is 1. The van der Waals surface area contributed by atoms with Gasteiger partial charge in [-0.25, -0.2) is 4.39 Å². The predicted octanol–water partition coefficient (Wildman–Crippen LogP) is 2.54. The van der Waals surface area contributed by atoms with Crippen molar-refractivity contribution in [2.75, 3.05) is 13.1 Å². The van der Waals surface area contributed by atoms with Gasteiger partial charge in [-0.2, -0.15) is 0 Å². The number of aromatic nitrogens is 1. The average Bonchev–Trinajstić information content (AvgIpc) is 2.92. The number of aliphatic hydroxyl groups excluding tert-OH is 1. The van der Waals surface area contributed by atoms with Crippen LogP contribution in [0.3, 0.4) is 0 Å². The molecule has 5 heteroatoms. The lowest BCUT2D eigenvalue weighted by molar-refractivity contribution is 0.0523. The van der Waals surface area contributed by atoms with Gasteiger partial charge in [-0.05, 0) is 37.8 Å². The second-order valence-electron chi connectivity index (χ2n) is 5.73. The van der Waals surface area contributed by atoms with Crippen molar-refractivity contribution in [3.63, 3.8) is 0 Å². The third kappa shape index (κ3) is 2.53. The van der Waals surface area contributed by atoms with Gasteiger partial charge < -0.3 is 15.0 Å². The van der Waals surface area contributed by atoms with E-state index in [0.717, 1.165) is 12.8 Å². The molecule has 0 radical (unpaired) electrons. The van der Waals surface area contributed by atoms with Crippen LogP contribution in [0.2, 0.25) is 0 Å². The van der Waals surface area contributed by atoms with Crippen LogP contribution in [-0.2, 0) is 0 Å². The van der Waals surface area contributed by atoms with Crippen molar-refractivity contribution in [2.24, 2.45) is 5.92 Å². The zero-order valence-corrected chi connectivity index (χ0v) is 12.0. The lowest BCUT2D eigenvalue weighted by Crippen LogP contribution is -2.40. The molecule has 1 aromatic heterocycles. The van der Waals surface area contributed by atoms with Crippen molar-refractivity contribution in [3.8, 4) is 0 Å². The maximum atomic E-state index is 14.0. The number of benzene rings is 1.